The first-order valence-corrected chi connectivity index (χ1v) is 8.59. The Bertz CT molecular complexity index is 344. The lowest BCUT2D eigenvalue weighted by Crippen LogP contribution is -2.56. The Balaban J connectivity index is 1.75. The van der Waals surface area contributed by atoms with E-state index in [0.717, 1.165) is 29.6 Å². The van der Waals surface area contributed by atoms with Crippen molar-refractivity contribution >= 4 is 0 Å². The Morgan fingerprint density at radius 2 is 1.79 bits per heavy atom. The minimum Gasteiger partial charge on any atom is -0.371 e. The summed E-state index contributed by atoms with van der Waals surface area (Å²) in [4.78, 5) is 0. The summed E-state index contributed by atoms with van der Waals surface area (Å²) in [5.74, 6) is 6.25. The zero-order valence-electron chi connectivity index (χ0n) is 13.6. The lowest BCUT2D eigenvalue weighted by molar-refractivity contribution is -0.218. The maximum Gasteiger partial charge on any atom is 0.0711 e. The minimum absolute atomic E-state index is 0.0877. The van der Waals surface area contributed by atoms with Gasteiger partial charge in [0, 0.05) is 0 Å². The van der Waals surface area contributed by atoms with Crippen LogP contribution in [0.25, 0.3) is 0 Å². The highest BCUT2D eigenvalue weighted by Gasteiger charge is 2.69. The van der Waals surface area contributed by atoms with Gasteiger partial charge in [0.1, 0.15) is 0 Å². The third kappa shape index (κ3) is 1.99. The number of fused-ring (bicyclic) bond motifs is 1. The second-order valence-electron chi connectivity index (χ2n) is 8.06. The predicted molar refractivity (Wildman–Crippen MR) is 79.9 cm³/mol. The monoisotopic (exact) mass is 264 g/mol. The summed E-state index contributed by atoms with van der Waals surface area (Å²) in [6, 6.07) is 0. The molecule has 2 saturated carbocycles. The highest BCUT2D eigenvalue weighted by molar-refractivity contribution is 5.17. The summed E-state index contributed by atoms with van der Waals surface area (Å²) < 4.78 is 6.65. The third-order valence-electron chi connectivity index (χ3n) is 7.17. The molecule has 0 radical (unpaired) electrons. The maximum atomic E-state index is 6.65. The van der Waals surface area contributed by atoms with Crippen LogP contribution in [0.2, 0.25) is 0 Å². The minimum atomic E-state index is 0.0877. The van der Waals surface area contributed by atoms with Gasteiger partial charge in [0.15, 0.2) is 0 Å². The van der Waals surface area contributed by atoms with Gasteiger partial charge in [-0.1, -0.05) is 34.1 Å². The fourth-order valence-electron chi connectivity index (χ4n) is 5.22. The number of hydrogen-bond acceptors (Lipinski definition) is 1. The Morgan fingerprint density at radius 1 is 1.16 bits per heavy atom. The van der Waals surface area contributed by atoms with E-state index in [1.54, 1.807) is 0 Å². The van der Waals surface area contributed by atoms with Crippen LogP contribution >= 0.6 is 0 Å². The van der Waals surface area contributed by atoms with Crippen molar-refractivity contribution in [2.75, 3.05) is 0 Å². The molecule has 3 aliphatic rings. The molecular weight excluding hydrogens is 232 g/mol. The third-order valence-corrected chi connectivity index (χ3v) is 7.17. The molecule has 19 heavy (non-hydrogen) atoms. The normalized spacial score (nSPS) is 57.5. The lowest BCUT2D eigenvalue weighted by atomic mass is 9.64. The summed E-state index contributed by atoms with van der Waals surface area (Å²) in [5, 5.41) is 0. The molecule has 1 heterocycles. The standard InChI is InChI=1S/C18H32O/c1-7-8-10(2)18(6)12(4)11(3)16(13(5)19-18)17-14-9-15(14)17/h10-17H,7-9H2,1-6H3. The second-order valence-corrected chi connectivity index (χ2v) is 8.06. The van der Waals surface area contributed by atoms with Crippen LogP contribution in [-0.4, -0.2) is 11.7 Å². The van der Waals surface area contributed by atoms with Crippen LogP contribution in [-0.2, 0) is 4.74 Å². The first-order chi connectivity index (χ1) is 8.91. The van der Waals surface area contributed by atoms with Crippen LogP contribution in [0.3, 0.4) is 0 Å². The molecule has 0 aromatic carbocycles. The molecule has 8 atom stereocenters. The fourth-order valence-corrected chi connectivity index (χ4v) is 5.22. The Hall–Kier alpha value is -0.0400. The van der Waals surface area contributed by atoms with Gasteiger partial charge in [-0.25, -0.2) is 0 Å². The van der Waals surface area contributed by atoms with Crippen LogP contribution < -0.4 is 0 Å². The van der Waals surface area contributed by atoms with E-state index in [1.165, 1.54) is 19.3 Å². The number of hydrogen-bond donors (Lipinski definition) is 0. The van der Waals surface area contributed by atoms with Crippen molar-refractivity contribution in [2.24, 2.45) is 41.4 Å². The highest BCUT2D eigenvalue weighted by Crippen LogP contribution is 2.73. The van der Waals surface area contributed by atoms with E-state index in [-0.39, 0.29) is 5.60 Å². The summed E-state index contributed by atoms with van der Waals surface area (Å²) in [6.45, 7) is 14.4. The van der Waals surface area contributed by atoms with E-state index >= 15 is 0 Å². The molecule has 8 unspecified atom stereocenters. The molecule has 1 saturated heterocycles. The van der Waals surface area contributed by atoms with E-state index in [2.05, 4.69) is 41.5 Å². The molecular formula is C18H32O. The second kappa shape index (κ2) is 4.48. The predicted octanol–water partition coefficient (Wildman–Crippen LogP) is 4.75. The molecule has 3 rings (SSSR count). The van der Waals surface area contributed by atoms with Gasteiger partial charge in [-0.3, -0.25) is 0 Å². The van der Waals surface area contributed by atoms with Gasteiger partial charge in [-0.2, -0.15) is 0 Å². The van der Waals surface area contributed by atoms with Crippen molar-refractivity contribution in [2.45, 2.75) is 72.5 Å². The Morgan fingerprint density at radius 3 is 2.26 bits per heavy atom. The van der Waals surface area contributed by atoms with Gasteiger partial charge in [0.05, 0.1) is 11.7 Å². The van der Waals surface area contributed by atoms with Gasteiger partial charge in [0.2, 0.25) is 0 Å². The van der Waals surface area contributed by atoms with Crippen LogP contribution in [0.4, 0.5) is 0 Å². The average molecular weight is 264 g/mol. The van der Waals surface area contributed by atoms with Gasteiger partial charge in [0.25, 0.3) is 0 Å². The lowest BCUT2D eigenvalue weighted by Gasteiger charge is -2.54. The number of rotatable bonds is 4. The zero-order valence-corrected chi connectivity index (χ0v) is 13.6. The van der Waals surface area contributed by atoms with Crippen molar-refractivity contribution < 1.29 is 4.74 Å². The Labute approximate surface area is 119 Å². The topological polar surface area (TPSA) is 9.23 Å². The van der Waals surface area contributed by atoms with Crippen LogP contribution in [0.1, 0.15) is 60.8 Å². The van der Waals surface area contributed by atoms with E-state index < -0.39 is 0 Å². The van der Waals surface area contributed by atoms with Gasteiger partial charge >= 0.3 is 0 Å². The molecule has 0 bridgehead atoms. The van der Waals surface area contributed by atoms with E-state index in [9.17, 15) is 0 Å². The summed E-state index contributed by atoms with van der Waals surface area (Å²) in [7, 11) is 0. The van der Waals surface area contributed by atoms with Crippen LogP contribution in [0, 0.1) is 41.4 Å². The molecule has 0 aromatic rings. The molecule has 0 amide bonds. The maximum absolute atomic E-state index is 6.65. The van der Waals surface area contributed by atoms with Crippen molar-refractivity contribution in [3.63, 3.8) is 0 Å². The summed E-state index contributed by atoms with van der Waals surface area (Å²) in [5.41, 5.74) is 0.0877. The Kier molecular flexibility index (Phi) is 3.28. The number of ether oxygens (including phenoxy) is 1. The van der Waals surface area contributed by atoms with Crippen molar-refractivity contribution in [3.05, 3.63) is 0 Å². The van der Waals surface area contributed by atoms with Crippen LogP contribution in [0.5, 0.6) is 0 Å². The molecule has 110 valence electrons. The molecule has 1 nitrogen and oxygen atoms in total. The zero-order chi connectivity index (χ0) is 13.9. The first-order valence-electron chi connectivity index (χ1n) is 8.59. The quantitative estimate of drug-likeness (QED) is 0.711. The van der Waals surface area contributed by atoms with E-state index in [1.807, 2.05) is 0 Å². The van der Waals surface area contributed by atoms with Crippen LogP contribution in [0.15, 0.2) is 0 Å². The van der Waals surface area contributed by atoms with Gasteiger partial charge in [-0.15, -0.1) is 0 Å². The largest absolute Gasteiger partial charge is 0.371 e. The molecule has 3 fully saturated rings. The molecule has 0 aromatic heterocycles. The van der Waals surface area contributed by atoms with E-state index in [0.29, 0.717) is 17.9 Å². The summed E-state index contributed by atoms with van der Waals surface area (Å²) >= 11 is 0. The van der Waals surface area contributed by atoms with Gasteiger partial charge < -0.3 is 4.74 Å². The smallest absolute Gasteiger partial charge is 0.0711 e. The molecule has 0 N–H and O–H groups in total. The average Bonchev–Trinajstić information content (AvgIpc) is 3.22. The van der Waals surface area contributed by atoms with E-state index in [4.69, 9.17) is 4.74 Å². The van der Waals surface area contributed by atoms with Crippen molar-refractivity contribution in [1.82, 2.24) is 0 Å². The fraction of sp³-hybridized carbons (Fsp3) is 1.00. The van der Waals surface area contributed by atoms with Crippen molar-refractivity contribution in [3.8, 4) is 0 Å². The molecule has 1 heteroatoms. The van der Waals surface area contributed by atoms with Gasteiger partial charge in [-0.05, 0) is 68.1 Å². The SMILES string of the molecule is CCCC(C)C1(C)OC(C)C(C2C3CC32)C(C)C1C. The molecule has 1 aliphatic heterocycles. The molecule has 2 aliphatic carbocycles. The highest BCUT2D eigenvalue weighted by atomic mass is 16.5. The van der Waals surface area contributed by atoms with Crippen molar-refractivity contribution in [1.29, 1.82) is 0 Å². The molecule has 0 spiro atoms. The summed E-state index contributed by atoms with van der Waals surface area (Å²) in [6.07, 6.45) is 4.55. The first kappa shape index (κ1) is 13.9.